The summed E-state index contributed by atoms with van der Waals surface area (Å²) in [7, 11) is 0. The van der Waals surface area contributed by atoms with Crippen LogP contribution in [-0.2, 0) is 29.0 Å². The van der Waals surface area contributed by atoms with Gasteiger partial charge in [0.15, 0.2) is 0 Å². The van der Waals surface area contributed by atoms with Crippen LogP contribution in [0.25, 0.3) is 10.9 Å². The maximum atomic E-state index is 14.1. The number of H-pyrrole nitrogens is 1. The monoisotopic (exact) mass is 546 g/mol. The number of nitrogens with zero attached hydrogens (tertiary/aromatic N) is 3. The van der Waals surface area contributed by atoms with Crippen LogP contribution in [0.1, 0.15) is 47.7 Å². The number of hydrogen-bond acceptors (Lipinski definition) is 3. The maximum absolute atomic E-state index is 14.1. The van der Waals surface area contributed by atoms with E-state index in [-0.39, 0.29) is 24.4 Å². The second-order valence-corrected chi connectivity index (χ2v) is 12.0. The number of carbonyl (C=O) groups is 2. The molecule has 7 rings (SSSR count). The summed E-state index contributed by atoms with van der Waals surface area (Å²) in [6, 6.07) is 28.9. The van der Waals surface area contributed by atoms with Gasteiger partial charge in [-0.1, -0.05) is 78.9 Å². The molecule has 2 saturated heterocycles. The van der Waals surface area contributed by atoms with Gasteiger partial charge < -0.3 is 14.8 Å². The number of rotatable bonds is 7. The molecule has 1 aromatic heterocycles. The van der Waals surface area contributed by atoms with Gasteiger partial charge in [-0.2, -0.15) is 0 Å². The predicted octanol–water partition coefficient (Wildman–Crippen LogP) is 5.35. The van der Waals surface area contributed by atoms with Gasteiger partial charge in [-0.05, 0) is 67.4 Å². The Hall–Kier alpha value is -3.90. The van der Waals surface area contributed by atoms with Gasteiger partial charge >= 0.3 is 0 Å². The third kappa shape index (κ3) is 5.17. The zero-order chi connectivity index (χ0) is 27.8. The lowest BCUT2D eigenvalue weighted by Gasteiger charge is -2.48. The summed E-state index contributed by atoms with van der Waals surface area (Å²) in [5.74, 6) is 0.641. The highest BCUT2D eigenvalue weighted by molar-refractivity contribution is 5.97. The summed E-state index contributed by atoms with van der Waals surface area (Å²) in [6.45, 7) is 3.92. The fraction of sp³-hybridized carbons (Fsp3) is 0.371. The minimum atomic E-state index is -0.429. The number of amides is 2. The number of aryl methyl sites for hydroxylation is 1. The predicted molar refractivity (Wildman–Crippen MR) is 161 cm³/mol. The van der Waals surface area contributed by atoms with Crippen molar-refractivity contribution in [2.45, 2.75) is 50.7 Å². The molecule has 3 aromatic carbocycles. The molecule has 4 heterocycles. The molecule has 210 valence electrons. The average Bonchev–Trinajstić information content (AvgIpc) is 3.38. The molecule has 0 spiro atoms. The van der Waals surface area contributed by atoms with Crippen LogP contribution in [0.5, 0.6) is 0 Å². The molecule has 2 unspecified atom stereocenters. The highest BCUT2D eigenvalue weighted by Gasteiger charge is 2.47. The number of benzene rings is 3. The lowest BCUT2D eigenvalue weighted by atomic mass is 9.86. The lowest BCUT2D eigenvalue weighted by Crippen LogP contribution is -2.63. The van der Waals surface area contributed by atoms with E-state index in [1.54, 1.807) is 0 Å². The van der Waals surface area contributed by atoms with Crippen molar-refractivity contribution in [1.82, 2.24) is 19.7 Å². The van der Waals surface area contributed by atoms with Crippen LogP contribution >= 0.6 is 0 Å². The van der Waals surface area contributed by atoms with Crippen molar-refractivity contribution in [1.29, 1.82) is 0 Å². The number of piperazine rings is 1. The molecular formula is C35H38N4O2. The van der Waals surface area contributed by atoms with Crippen molar-refractivity contribution in [3.05, 3.63) is 107 Å². The molecule has 3 aliphatic heterocycles. The van der Waals surface area contributed by atoms with Gasteiger partial charge in [0.25, 0.3) is 0 Å². The Morgan fingerprint density at radius 2 is 1.49 bits per heavy atom. The van der Waals surface area contributed by atoms with Gasteiger partial charge in [-0.15, -0.1) is 0 Å². The molecule has 0 radical (unpaired) electrons. The van der Waals surface area contributed by atoms with E-state index in [0.717, 1.165) is 56.5 Å². The third-order valence-electron chi connectivity index (χ3n) is 9.44. The molecule has 3 aliphatic rings. The first-order valence-electron chi connectivity index (χ1n) is 15.1. The van der Waals surface area contributed by atoms with Crippen molar-refractivity contribution in [3.8, 4) is 0 Å². The molecule has 2 fully saturated rings. The van der Waals surface area contributed by atoms with Crippen molar-refractivity contribution < 1.29 is 9.59 Å². The molecule has 6 nitrogen and oxygen atoms in total. The van der Waals surface area contributed by atoms with E-state index >= 15 is 0 Å². The minimum absolute atomic E-state index is 0.0819. The Bertz CT molecular complexity index is 1520. The van der Waals surface area contributed by atoms with Crippen LogP contribution in [0, 0.1) is 5.92 Å². The number of hydrogen-bond donors (Lipinski definition) is 1. The lowest BCUT2D eigenvalue weighted by molar-refractivity contribution is -0.160. The fourth-order valence-electron chi connectivity index (χ4n) is 7.33. The second-order valence-electron chi connectivity index (χ2n) is 12.0. The largest absolute Gasteiger partial charge is 0.356 e. The highest BCUT2D eigenvalue weighted by atomic mass is 16.2. The zero-order valence-corrected chi connectivity index (χ0v) is 23.5. The smallest absolute Gasteiger partial charge is 0.246 e. The Labute approximate surface area is 241 Å². The summed E-state index contributed by atoms with van der Waals surface area (Å²) in [4.78, 5) is 37.9. The fourth-order valence-corrected chi connectivity index (χ4v) is 7.33. The molecule has 1 N–H and O–H groups in total. The van der Waals surface area contributed by atoms with E-state index in [4.69, 9.17) is 0 Å². The second kappa shape index (κ2) is 11.2. The normalized spacial score (nSPS) is 21.8. The van der Waals surface area contributed by atoms with E-state index < -0.39 is 6.04 Å². The third-order valence-corrected chi connectivity index (χ3v) is 9.44. The SMILES string of the molecule is O=C1C2Cc3c([nH]c4ccccc34)C(CCc3ccccc3)N2C(=O)CN1CC1CCN(Cc2ccccc2)CC1. The molecule has 4 aromatic rings. The van der Waals surface area contributed by atoms with Crippen molar-refractivity contribution in [3.63, 3.8) is 0 Å². The summed E-state index contributed by atoms with van der Waals surface area (Å²) in [5.41, 5.74) is 6.00. The van der Waals surface area contributed by atoms with Gasteiger partial charge in [0.05, 0.1) is 12.6 Å². The van der Waals surface area contributed by atoms with Gasteiger partial charge in [0, 0.05) is 36.1 Å². The number of likely N-dealkylation sites (tertiary alicyclic amines) is 1. The number of carbonyl (C=O) groups excluding carboxylic acids is 2. The standard InChI is InChI=1S/C35H38N4O2/c40-33-24-38(23-27-17-19-37(20-18-27)22-26-11-5-2-6-12-26)35(41)32-21-29-28-13-7-8-14-30(28)36-34(29)31(39(32)33)16-15-25-9-3-1-4-10-25/h1-14,27,31-32,36H,15-24H2. The molecule has 0 aliphatic carbocycles. The van der Waals surface area contributed by atoms with E-state index in [1.165, 1.54) is 22.1 Å². The van der Waals surface area contributed by atoms with Crippen LogP contribution < -0.4 is 0 Å². The Balaban J connectivity index is 1.08. The number of para-hydroxylation sites is 1. The molecule has 2 amide bonds. The van der Waals surface area contributed by atoms with Gasteiger partial charge in [0.1, 0.15) is 6.04 Å². The number of fused-ring (bicyclic) bond motifs is 4. The number of aromatic amines is 1. The van der Waals surface area contributed by atoms with Crippen molar-refractivity contribution >= 4 is 22.7 Å². The number of aromatic nitrogens is 1. The Morgan fingerprint density at radius 3 is 2.24 bits per heavy atom. The first-order chi connectivity index (χ1) is 20.1. The summed E-state index contributed by atoms with van der Waals surface area (Å²) in [5, 5.41) is 1.18. The summed E-state index contributed by atoms with van der Waals surface area (Å²) < 4.78 is 0. The minimum Gasteiger partial charge on any atom is -0.356 e. The molecule has 2 atom stereocenters. The summed E-state index contributed by atoms with van der Waals surface area (Å²) in [6.07, 6.45) is 4.35. The van der Waals surface area contributed by atoms with Crippen molar-refractivity contribution in [2.24, 2.45) is 5.92 Å². The topological polar surface area (TPSA) is 59.7 Å². The van der Waals surface area contributed by atoms with Crippen LogP contribution in [0.15, 0.2) is 84.9 Å². The van der Waals surface area contributed by atoms with Crippen LogP contribution in [-0.4, -0.2) is 63.7 Å². The molecular weight excluding hydrogens is 508 g/mol. The van der Waals surface area contributed by atoms with Gasteiger partial charge in [-0.25, -0.2) is 0 Å². The van der Waals surface area contributed by atoms with E-state index in [1.807, 2.05) is 21.9 Å². The first kappa shape index (κ1) is 26.0. The zero-order valence-electron chi connectivity index (χ0n) is 23.5. The number of nitrogens with one attached hydrogen (secondary N) is 1. The van der Waals surface area contributed by atoms with Crippen LogP contribution in [0.3, 0.4) is 0 Å². The van der Waals surface area contributed by atoms with Gasteiger partial charge in [0.2, 0.25) is 11.8 Å². The van der Waals surface area contributed by atoms with Crippen LogP contribution in [0.4, 0.5) is 0 Å². The van der Waals surface area contributed by atoms with Crippen molar-refractivity contribution in [2.75, 3.05) is 26.2 Å². The summed E-state index contributed by atoms with van der Waals surface area (Å²) >= 11 is 0. The molecule has 41 heavy (non-hydrogen) atoms. The molecule has 0 saturated carbocycles. The van der Waals surface area contributed by atoms with Crippen LogP contribution in [0.2, 0.25) is 0 Å². The maximum Gasteiger partial charge on any atom is 0.246 e. The Kier molecular flexibility index (Phi) is 7.09. The van der Waals surface area contributed by atoms with Gasteiger partial charge in [-0.3, -0.25) is 14.5 Å². The van der Waals surface area contributed by atoms with E-state index in [0.29, 0.717) is 18.9 Å². The number of piperidine rings is 1. The quantitative estimate of drug-likeness (QED) is 0.340. The van der Waals surface area contributed by atoms with E-state index in [9.17, 15) is 9.59 Å². The average molecular weight is 547 g/mol. The highest BCUT2D eigenvalue weighted by Crippen LogP contribution is 2.41. The first-order valence-corrected chi connectivity index (χ1v) is 15.1. The molecule has 6 heteroatoms. The molecule has 0 bridgehead atoms. The Morgan fingerprint density at radius 1 is 0.805 bits per heavy atom. The van der Waals surface area contributed by atoms with E-state index in [2.05, 4.69) is 82.7 Å².